The van der Waals surface area contributed by atoms with Crippen molar-refractivity contribution < 1.29 is 19.2 Å². The number of carbonyl (C=O) groups excluding carboxylic acids is 4. The van der Waals surface area contributed by atoms with E-state index < -0.39 is 17.1 Å². The average molecular weight is 444 g/mol. The zero-order valence-corrected chi connectivity index (χ0v) is 17.5. The molecule has 1 aliphatic rings. The third-order valence-electron chi connectivity index (χ3n) is 4.15. The van der Waals surface area contributed by atoms with Gasteiger partial charge in [0.1, 0.15) is 0 Å². The lowest BCUT2D eigenvalue weighted by atomic mass is 10.2. The number of halogens is 1. The van der Waals surface area contributed by atoms with Gasteiger partial charge in [-0.15, -0.1) is 0 Å². The first-order valence-corrected chi connectivity index (χ1v) is 10.2. The van der Waals surface area contributed by atoms with Crippen molar-refractivity contribution in [2.45, 2.75) is 13.3 Å². The second-order valence-electron chi connectivity index (χ2n) is 6.49. The number of nitrogens with one attached hydrogen (secondary N) is 2. The van der Waals surface area contributed by atoms with E-state index in [4.69, 9.17) is 11.6 Å². The Morgan fingerprint density at radius 3 is 2.27 bits per heavy atom. The number of amides is 4. The molecule has 0 spiro atoms. The first-order chi connectivity index (χ1) is 14.3. The fourth-order valence-corrected chi connectivity index (χ4v) is 3.56. The zero-order valence-electron chi connectivity index (χ0n) is 16.0. The van der Waals surface area contributed by atoms with E-state index in [1.807, 2.05) is 19.1 Å². The van der Waals surface area contributed by atoms with E-state index in [-0.39, 0.29) is 23.8 Å². The Balaban J connectivity index is 1.55. The summed E-state index contributed by atoms with van der Waals surface area (Å²) in [4.78, 5) is 49.8. The summed E-state index contributed by atoms with van der Waals surface area (Å²) in [6.07, 6.45) is 1.03. The molecule has 1 heterocycles. The van der Waals surface area contributed by atoms with E-state index in [1.165, 1.54) is 0 Å². The van der Waals surface area contributed by atoms with Gasteiger partial charge in [-0.2, -0.15) is 0 Å². The summed E-state index contributed by atoms with van der Waals surface area (Å²) in [6.45, 7) is 1.85. The molecule has 0 atom stereocenters. The lowest BCUT2D eigenvalue weighted by Gasteiger charge is -2.12. The standard InChI is InChI=1S/C21H18ClN3O4S/c1-13-2-6-15(7-3-13)24-19(27)12-17-20(28)25(21(29)30-17)11-10-18(26)23-16-8-4-14(22)5-9-16/h2-9,12H,10-11H2,1H3,(H,23,26)(H,24,27). The monoisotopic (exact) mass is 443 g/mol. The highest BCUT2D eigenvalue weighted by molar-refractivity contribution is 8.18. The summed E-state index contributed by atoms with van der Waals surface area (Å²) < 4.78 is 0. The van der Waals surface area contributed by atoms with Crippen LogP contribution in [-0.4, -0.2) is 34.4 Å². The first kappa shape index (κ1) is 21.6. The van der Waals surface area contributed by atoms with E-state index in [0.29, 0.717) is 28.2 Å². The second kappa shape index (κ2) is 9.60. The largest absolute Gasteiger partial charge is 0.326 e. The van der Waals surface area contributed by atoms with Crippen molar-refractivity contribution in [1.29, 1.82) is 0 Å². The summed E-state index contributed by atoms with van der Waals surface area (Å²) in [5.41, 5.74) is 2.19. The molecule has 0 unspecified atom stereocenters. The number of aryl methyl sites for hydroxylation is 1. The molecule has 154 valence electrons. The Labute approximate surface area is 182 Å². The molecule has 0 saturated carbocycles. The van der Waals surface area contributed by atoms with Crippen LogP contribution in [0.3, 0.4) is 0 Å². The van der Waals surface area contributed by atoms with Crippen LogP contribution in [-0.2, 0) is 14.4 Å². The Bertz CT molecular complexity index is 1020. The van der Waals surface area contributed by atoms with Crippen LogP contribution < -0.4 is 10.6 Å². The average Bonchev–Trinajstić information content (AvgIpc) is 2.96. The van der Waals surface area contributed by atoms with Crippen molar-refractivity contribution >= 4 is 57.7 Å². The molecule has 4 amide bonds. The Hall–Kier alpha value is -3.10. The molecule has 0 aromatic heterocycles. The zero-order chi connectivity index (χ0) is 21.7. The molecule has 2 aromatic carbocycles. The van der Waals surface area contributed by atoms with Gasteiger partial charge in [0.2, 0.25) is 11.8 Å². The predicted octanol–water partition coefficient (Wildman–Crippen LogP) is 4.20. The first-order valence-electron chi connectivity index (χ1n) is 9.00. The molecule has 9 heteroatoms. The summed E-state index contributed by atoms with van der Waals surface area (Å²) in [5, 5.41) is 5.33. The fourth-order valence-electron chi connectivity index (χ4n) is 2.60. The van der Waals surface area contributed by atoms with Gasteiger partial charge in [-0.05, 0) is 55.1 Å². The number of benzene rings is 2. The summed E-state index contributed by atoms with van der Waals surface area (Å²) >= 11 is 6.47. The molecule has 2 aromatic rings. The number of imide groups is 1. The van der Waals surface area contributed by atoms with E-state index >= 15 is 0 Å². The van der Waals surface area contributed by atoms with Crippen LogP contribution >= 0.6 is 23.4 Å². The summed E-state index contributed by atoms with van der Waals surface area (Å²) in [5.74, 6) is -1.45. The maximum absolute atomic E-state index is 12.4. The molecule has 1 saturated heterocycles. The number of anilines is 2. The van der Waals surface area contributed by atoms with Gasteiger partial charge in [0.25, 0.3) is 11.1 Å². The number of hydrogen-bond acceptors (Lipinski definition) is 5. The number of rotatable bonds is 6. The Kier molecular flexibility index (Phi) is 6.91. The summed E-state index contributed by atoms with van der Waals surface area (Å²) in [6, 6.07) is 13.8. The van der Waals surface area contributed by atoms with Gasteiger partial charge in [-0.25, -0.2) is 0 Å². The molecule has 0 aliphatic carbocycles. The van der Waals surface area contributed by atoms with Gasteiger partial charge in [-0.1, -0.05) is 29.3 Å². The van der Waals surface area contributed by atoms with Crippen molar-refractivity contribution in [2.75, 3.05) is 17.2 Å². The maximum Gasteiger partial charge on any atom is 0.293 e. The normalized spacial score (nSPS) is 14.9. The van der Waals surface area contributed by atoms with E-state index in [9.17, 15) is 19.2 Å². The molecular formula is C21H18ClN3O4S. The third kappa shape index (κ3) is 5.71. The minimum Gasteiger partial charge on any atom is -0.326 e. The number of carbonyl (C=O) groups is 4. The second-order valence-corrected chi connectivity index (χ2v) is 7.92. The highest BCUT2D eigenvalue weighted by Crippen LogP contribution is 2.30. The number of thioether (sulfide) groups is 1. The third-order valence-corrected chi connectivity index (χ3v) is 5.30. The van der Waals surface area contributed by atoms with Crippen LogP contribution in [0.5, 0.6) is 0 Å². The lowest BCUT2D eigenvalue weighted by molar-refractivity contribution is -0.123. The van der Waals surface area contributed by atoms with Gasteiger partial charge < -0.3 is 10.6 Å². The molecule has 1 fully saturated rings. The highest BCUT2D eigenvalue weighted by atomic mass is 35.5. The minimum absolute atomic E-state index is 0.0164. The predicted molar refractivity (Wildman–Crippen MR) is 117 cm³/mol. The maximum atomic E-state index is 12.4. The van der Waals surface area contributed by atoms with Crippen LogP contribution in [0.25, 0.3) is 0 Å². The molecule has 0 bridgehead atoms. The van der Waals surface area contributed by atoms with Crippen molar-refractivity contribution in [3.05, 3.63) is 70.1 Å². The van der Waals surface area contributed by atoms with Gasteiger partial charge in [0.05, 0.1) is 4.91 Å². The van der Waals surface area contributed by atoms with Crippen molar-refractivity contribution in [1.82, 2.24) is 4.90 Å². The van der Waals surface area contributed by atoms with Crippen LogP contribution in [0.2, 0.25) is 5.02 Å². The summed E-state index contributed by atoms with van der Waals surface area (Å²) in [7, 11) is 0. The molecule has 2 N–H and O–H groups in total. The van der Waals surface area contributed by atoms with Crippen LogP contribution in [0.15, 0.2) is 59.5 Å². The molecular weight excluding hydrogens is 426 g/mol. The SMILES string of the molecule is Cc1ccc(NC(=O)C=C2SC(=O)N(CCC(=O)Nc3ccc(Cl)cc3)C2=O)cc1. The van der Waals surface area contributed by atoms with Crippen LogP contribution in [0.4, 0.5) is 16.2 Å². The Morgan fingerprint density at radius 1 is 1.00 bits per heavy atom. The smallest absolute Gasteiger partial charge is 0.293 e. The van der Waals surface area contributed by atoms with Gasteiger partial charge in [0.15, 0.2) is 0 Å². The van der Waals surface area contributed by atoms with Gasteiger partial charge in [0, 0.05) is 35.4 Å². The topological polar surface area (TPSA) is 95.6 Å². The molecule has 30 heavy (non-hydrogen) atoms. The molecule has 7 nitrogen and oxygen atoms in total. The Morgan fingerprint density at radius 2 is 1.60 bits per heavy atom. The molecule has 3 rings (SSSR count). The molecule has 1 aliphatic heterocycles. The van der Waals surface area contributed by atoms with E-state index in [0.717, 1.165) is 16.5 Å². The number of hydrogen-bond donors (Lipinski definition) is 2. The highest BCUT2D eigenvalue weighted by Gasteiger charge is 2.35. The van der Waals surface area contributed by atoms with E-state index in [2.05, 4.69) is 10.6 Å². The van der Waals surface area contributed by atoms with E-state index in [1.54, 1.807) is 36.4 Å². The lowest BCUT2D eigenvalue weighted by Crippen LogP contribution is -2.31. The number of nitrogens with zero attached hydrogens (tertiary/aromatic N) is 1. The van der Waals surface area contributed by atoms with Gasteiger partial charge >= 0.3 is 0 Å². The van der Waals surface area contributed by atoms with Crippen molar-refractivity contribution in [3.8, 4) is 0 Å². The van der Waals surface area contributed by atoms with Crippen LogP contribution in [0, 0.1) is 6.92 Å². The van der Waals surface area contributed by atoms with Crippen molar-refractivity contribution in [3.63, 3.8) is 0 Å². The van der Waals surface area contributed by atoms with Gasteiger partial charge in [-0.3, -0.25) is 24.1 Å². The molecule has 0 radical (unpaired) electrons. The van der Waals surface area contributed by atoms with Crippen molar-refractivity contribution in [2.24, 2.45) is 0 Å². The fraction of sp³-hybridized carbons (Fsp3) is 0.143. The quantitative estimate of drug-likeness (QED) is 0.652. The minimum atomic E-state index is -0.594. The van der Waals surface area contributed by atoms with Crippen LogP contribution in [0.1, 0.15) is 12.0 Å².